The van der Waals surface area contributed by atoms with Crippen molar-refractivity contribution < 1.29 is 8.81 Å². The molecule has 0 saturated carbocycles. The third-order valence-electron chi connectivity index (χ3n) is 2.77. The predicted octanol–water partition coefficient (Wildman–Crippen LogP) is 4.29. The lowest BCUT2D eigenvalue weighted by molar-refractivity contribution is 0.611. The normalized spacial score (nSPS) is 11.1. The van der Waals surface area contributed by atoms with Crippen LogP contribution < -0.4 is 5.73 Å². The molecular weight excluding hydrogens is 311 g/mol. The van der Waals surface area contributed by atoms with Crippen LogP contribution in [0.3, 0.4) is 0 Å². The summed E-state index contributed by atoms with van der Waals surface area (Å²) < 4.78 is 19.9. The van der Waals surface area contributed by atoms with Crippen molar-refractivity contribution in [3.05, 3.63) is 46.2 Å². The number of hydrogen-bond acceptors (Lipinski definition) is 3. The van der Waals surface area contributed by atoms with E-state index in [0.29, 0.717) is 28.2 Å². The highest BCUT2D eigenvalue weighted by Gasteiger charge is 2.12. The number of nitrogen functional groups attached to an aromatic ring is 1. The summed E-state index contributed by atoms with van der Waals surface area (Å²) in [5.41, 5.74) is 8.94. The molecule has 0 unspecified atom stereocenters. The minimum atomic E-state index is -0.314. The minimum Gasteiger partial charge on any atom is -0.434 e. The lowest BCUT2D eigenvalue weighted by Crippen LogP contribution is -1.84. The molecule has 0 aliphatic carbocycles. The second kappa shape index (κ2) is 4.35. The number of benzene rings is 2. The Hall–Kier alpha value is -1.88. The Morgan fingerprint density at radius 2 is 2.00 bits per heavy atom. The number of hydrogen-bond donors (Lipinski definition) is 1. The van der Waals surface area contributed by atoms with Gasteiger partial charge in [-0.15, -0.1) is 0 Å². The quantitative estimate of drug-likeness (QED) is 0.680. The summed E-state index contributed by atoms with van der Waals surface area (Å²) in [6.07, 6.45) is 0. The molecule has 0 aliphatic rings. The smallest absolute Gasteiger partial charge is 0.227 e. The second-order valence-electron chi connectivity index (χ2n) is 4.38. The largest absolute Gasteiger partial charge is 0.434 e. The Morgan fingerprint density at radius 1 is 1.21 bits per heavy atom. The van der Waals surface area contributed by atoms with Crippen molar-refractivity contribution in [1.82, 2.24) is 4.98 Å². The molecule has 0 aliphatic heterocycles. The van der Waals surface area contributed by atoms with Crippen molar-refractivity contribution in [2.75, 3.05) is 5.73 Å². The maximum Gasteiger partial charge on any atom is 0.227 e. The first kappa shape index (κ1) is 12.2. The SMILES string of the molecule is Cc1cc(F)cc(-c2nc3cc(Br)cc(N)c3o2)c1. The zero-order valence-electron chi connectivity index (χ0n) is 10.1. The molecule has 2 N–H and O–H groups in total. The van der Waals surface area contributed by atoms with E-state index in [0.717, 1.165) is 10.0 Å². The van der Waals surface area contributed by atoms with Gasteiger partial charge in [0.2, 0.25) is 5.89 Å². The average Bonchev–Trinajstić information content (AvgIpc) is 2.71. The molecule has 3 nitrogen and oxygen atoms in total. The van der Waals surface area contributed by atoms with Crippen molar-refractivity contribution in [3.8, 4) is 11.5 Å². The van der Waals surface area contributed by atoms with Crippen LogP contribution in [0.2, 0.25) is 0 Å². The van der Waals surface area contributed by atoms with Crippen LogP contribution in [0, 0.1) is 12.7 Å². The minimum absolute atomic E-state index is 0.314. The maximum atomic E-state index is 13.4. The predicted molar refractivity (Wildman–Crippen MR) is 76.3 cm³/mol. The number of aryl methyl sites for hydroxylation is 1. The van der Waals surface area contributed by atoms with Crippen LogP contribution in [0.25, 0.3) is 22.6 Å². The van der Waals surface area contributed by atoms with E-state index in [9.17, 15) is 4.39 Å². The highest BCUT2D eigenvalue weighted by molar-refractivity contribution is 9.10. The van der Waals surface area contributed by atoms with Crippen molar-refractivity contribution in [2.45, 2.75) is 6.92 Å². The number of nitrogens with zero attached hydrogens (tertiary/aromatic N) is 1. The van der Waals surface area contributed by atoms with Gasteiger partial charge in [0.15, 0.2) is 5.58 Å². The average molecular weight is 321 g/mol. The van der Waals surface area contributed by atoms with E-state index >= 15 is 0 Å². The number of fused-ring (bicyclic) bond motifs is 1. The molecule has 0 fully saturated rings. The Morgan fingerprint density at radius 3 is 2.74 bits per heavy atom. The van der Waals surface area contributed by atoms with Crippen LogP contribution >= 0.6 is 15.9 Å². The Labute approximate surface area is 117 Å². The first-order valence-electron chi connectivity index (χ1n) is 5.66. The van der Waals surface area contributed by atoms with E-state index in [1.165, 1.54) is 12.1 Å². The molecular formula is C14H10BrFN2O. The molecule has 3 rings (SSSR count). The monoisotopic (exact) mass is 320 g/mol. The molecule has 0 bridgehead atoms. The summed E-state index contributed by atoms with van der Waals surface area (Å²) >= 11 is 3.35. The molecule has 5 heteroatoms. The number of nitrogens with two attached hydrogens (primary N) is 1. The fraction of sp³-hybridized carbons (Fsp3) is 0.0714. The van der Waals surface area contributed by atoms with E-state index in [2.05, 4.69) is 20.9 Å². The van der Waals surface area contributed by atoms with Gasteiger partial charge in [-0.2, -0.15) is 0 Å². The van der Waals surface area contributed by atoms with Crippen LogP contribution in [0.1, 0.15) is 5.56 Å². The molecule has 0 saturated heterocycles. The van der Waals surface area contributed by atoms with Crippen LogP contribution in [-0.4, -0.2) is 4.98 Å². The van der Waals surface area contributed by atoms with Crippen LogP contribution in [0.15, 0.2) is 39.2 Å². The van der Waals surface area contributed by atoms with E-state index < -0.39 is 0 Å². The zero-order valence-corrected chi connectivity index (χ0v) is 11.7. The van der Waals surface area contributed by atoms with Gasteiger partial charge in [-0.25, -0.2) is 9.37 Å². The third-order valence-corrected chi connectivity index (χ3v) is 3.23. The molecule has 0 spiro atoms. The van der Waals surface area contributed by atoms with Gasteiger partial charge in [0.1, 0.15) is 11.3 Å². The molecule has 96 valence electrons. The first-order chi connectivity index (χ1) is 9.02. The highest BCUT2D eigenvalue weighted by Crippen LogP contribution is 2.31. The van der Waals surface area contributed by atoms with Gasteiger partial charge >= 0.3 is 0 Å². The van der Waals surface area contributed by atoms with Crippen molar-refractivity contribution in [1.29, 1.82) is 0 Å². The maximum absolute atomic E-state index is 13.4. The van der Waals surface area contributed by atoms with Gasteiger partial charge in [0.25, 0.3) is 0 Å². The number of halogens is 2. The van der Waals surface area contributed by atoms with Crippen LogP contribution in [0.5, 0.6) is 0 Å². The summed E-state index contributed by atoms with van der Waals surface area (Å²) in [5, 5.41) is 0. The van der Waals surface area contributed by atoms with Gasteiger partial charge in [-0.05, 0) is 42.8 Å². The third kappa shape index (κ3) is 2.21. The summed E-state index contributed by atoms with van der Waals surface area (Å²) in [4.78, 5) is 4.34. The Balaban J connectivity index is 2.23. The molecule has 1 heterocycles. The molecule has 0 radical (unpaired) electrons. The molecule has 0 atom stereocenters. The molecule has 3 aromatic rings. The summed E-state index contributed by atoms with van der Waals surface area (Å²) in [6.45, 7) is 1.82. The summed E-state index contributed by atoms with van der Waals surface area (Å²) in [7, 11) is 0. The van der Waals surface area contributed by atoms with Gasteiger partial charge in [-0.3, -0.25) is 0 Å². The topological polar surface area (TPSA) is 52.0 Å². The van der Waals surface area contributed by atoms with Gasteiger partial charge in [0.05, 0.1) is 5.69 Å². The van der Waals surface area contributed by atoms with Crippen LogP contribution in [0.4, 0.5) is 10.1 Å². The van der Waals surface area contributed by atoms with E-state index in [1.54, 1.807) is 6.07 Å². The summed E-state index contributed by atoms with van der Waals surface area (Å²) in [6, 6.07) is 8.22. The van der Waals surface area contributed by atoms with Gasteiger partial charge in [0, 0.05) is 10.0 Å². The molecule has 19 heavy (non-hydrogen) atoms. The Bertz CT molecular complexity index is 762. The number of rotatable bonds is 1. The fourth-order valence-electron chi connectivity index (χ4n) is 2.01. The Kier molecular flexibility index (Phi) is 2.78. The standard InChI is InChI=1S/C14H10BrFN2O/c1-7-2-8(4-10(16)3-7)14-18-12-6-9(15)5-11(17)13(12)19-14/h2-6H,17H2,1H3. The fourth-order valence-corrected chi connectivity index (χ4v) is 2.47. The molecule has 1 aromatic heterocycles. The van der Waals surface area contributed by atoms with E-state index in [1.807, 2.05) is 19.1 Å². The van der Waals surface area contributed by atoms with Gasteiger partial charge < -0.3 is 10.2 Å². The van der Waals surface area contributed by atoms with Crippen molar-refractivity contribution in [3.63, 3.8) is 0 Å². The lowest BCUT2D eigenvalue weighted by Gasteiger charge is -1.98. The number of anilines is 1. The van der Waals surface area contributed by atoms with E-state index in [4.69, 9.17) is 10.2 Å². The van der Waals surface area contributed by atoms with Gasteiger partial charge in [-0.1, -0.05) is 15.9 Å². The zero-order chi connectivity index (χ0) is 13.6. The molecule has 2 aromatic carbocycles. The molecule has 0 amide bonds. The van der Waals surface area contributed by atoms with Crippen LogP contribution in [-0.2, 0) is 0 Å². The highest BCUT2D eigenvalue weighted by atomic mass is 79.9. The van der Waals surface area contributed by atoms with Crippen molar-refractivity contribution >= 4 is 32.7 Å². The van der Waals surface area contributed by atoms with Crippen molar-refractivity contribution in [2.24, 2.45) is 0 Å². The number of oxazole rings is 1. The van der Waals surface area contributed by atoms with E-state index in [-0.39, 0.29) is 5.82 Å². The summed E-state index contributed by atoms with van der Waals surface area (Å²) in [5.74, 6) is 0.0498. The second-order valence-corrected chi connectivity index (χ2v) is 5.30. The lowest BCUT2D eigenvalue weighted by atomic mass is 10.1. The first-order valence-corrected chi connectivity index (χ1v) is 6.45. The number of aromatic nitrogens is 1.